The van der Waals surface area contributed by atoms with E-state index in [0.717, 1.165) is 5.56 Å². The highest BCUT2D eigenvalue weighted by Gasteiger charge is 2.05. The first-order valence-corrected chi connectivity index (χ1v) is 7.95. The number of hydrogen-bond donors (Lipinski definition) is 1. The summed E-state index contributed by atoms with van der Waals surface area (Å²) in [6, 6.07) is 12.1. The van der Waals surface area contributed by atoms with Crippen molar-refractivity contribution in [1.82, 2.24) is 0 Å². The van der Waals surface area contributed by atoms with Crippen LogP contribution in [0.4, 0.5) is 0 Å². The fraction of sp³-hybridized carbons (Fsp3) is 0.143. The summed E-state index contributed by atoms with van der Waals surface area (Å²) in [6.45, 7) is 0. The van der Waals surface area contributed by atoms with Gasteiger partial charge in [0.15, 0.2) is 23.1 Å². The van der Waals surface area contributed by atoms with Crippen molar-refractivity contribution in [2.24, 2.45) is 0 Å². The number of methoxy groups -OCH3 is 2. The zero-order valence-corrected chi connectivity index (χ0v) is 14.6. The molecule has 0 bridgehead atoms. The van der Waals surface area contributed by atoms with Crippen LogP contribution in [-0.2, 0) is 9.59 Å². The molecular weight excluding hydrogens is 332 g/mol. The summed E-state index contributed by atoms with van der Waals surface area (Å²) < 4.78 is 10.2. The van der Waals surface area contributed by atoms with Crippen molar-refractivity contribution < 1.29 is 24.2 Å². The Morgan fingerprint density at radius 3 is 2.23 bits per heavy atom. The molecule has 2 rings (SSSR count). The van der Waals surface area contributed by atoms with Crippen molar-refractivity contribution in [3.8, 4) is 17.2 Å². The summed E-state index contributed by atoms with van der Waals surface area (Å²) in [5.41, 5.74) is 1.40. The molecule has 0 amide bonds. The fourth-order valence-electron chi connectivity index (χ4n) is 2.28. The third-order valence-corrected chi connectivity index (χ3v) is 3.60. The molecule has 0 radical (unpaired) electrons. The first-order chi connectivity index (χ1) is 12.5. The average molecular weight is 352 g/mol. The van der Waals surface area contributed by atoms with Gasteiger partial charge in [-0.25, -0.2) is 0 Å². The number of allylic oxidation sites excluding steroid dienone is 2. The van der Waals surface area contributed by atoms with E-state index in [0.29, 0.717) is 17.1 Å². The minimum absolute atomic E-state index is 0.0158. The van der Waals surface area contributed by atoms with Crippen molar-refractivity contribution in [2.75, 3.05) is 14.2 Å². The van der Waals surface area contributed by atoms with Crippen LogP contribution in [0.25, 0.3) is 12.2 Å². The van der Waals surface area contributed by atoms with E-state index in [4.69, 9.17) is 9.47 Å². The van der Waals surface area contributed by atoms with Gasteiger partial charge in [-0.05, 0) is 42.0 Å². The van der Waals surface area contributed by atoms with Gasteiger partial charge < -0.3 is 14.6 Å². The number of para-hydroxylation sites is 1. The normalized spacial score (nSPS) is 11.0. The lowest BCUT2D eigenvalue weighted by Gasteiger charge is -2.03. The molecule has 5 nitrogen and oxygen atoms in total. The van der Waals surface area contributed by atoms with Crippen molar-refractivity contribution in [1.29, 1.82) is 0 Å². The molecule has 1 N–H and O–H groups in total. The molecule has 26 heavy (non-hydrogen) atoms. The monoisotopic (exact) mass is 352 g/mol. The number of benzene rings is 2. The van der Waals surface area contributed by atoms with Crippen molar-refractivity contribution in [3.63, 3.8) is 0 Å². The Morgan fingerprint density at radius 2 is 1.58 bits per heavy atom. The van der Waals surface area contributed by atoms with E-state index in [2.05, 4.69) is 0 Å². The summed E-state index contributed by atoms with van der Waals surface area (Å²) in [5.74, 6) is 0.364. The van der Waals surface area contributed by atoms with Crippen molar-refractivity contribution in [2.45, 2.75) is 6.42 Å². The number of hydrogen-bond acceptors (Lipinski definition) is 5. The van der Waals surface area contributed by atoms with E-state index in [1.165, 1.54) is 25.3 Å². The van der Waals surface area contributed by atoms with Gasteiger partial charge in [0, 0.05) is 5.56 Å². The van der Waals surface area contributed by atoms with Gasteiger partial charge >= 0.3 is 0 Å². The van der Waals surface area contributed by atoms with Gasteiger partial charge in [0.25, 0.3) is 0 Å². The molecule has 0 aromatic heterocycles. The Hall–Kier alpha value is -3.34. The Kier molecular flexibility index (Phi) is 6.74. The van der Waals surface area contributed by atoms with Crippen LogP contribution >= 0.6 is 0 Å². The van der Waals surface area contributed by atoms with E-state index < -0.39 is 0 Å². The molecule has 2 aromatic rings. The number of rotatable bonds is 8. The number of carbonyl (C=O) groups excluding carboxylic acids is 2. The summed E-state index contributed by atoms with van der Waals surface area (Å²) in [6.07, 6.45) is 5.61. The second kappa shape index (κ2) is 9.22. The maximum absolute atomic E-state index is 11.9. The molecule has 0 aliphatic rings. The Balaban J connectivity index is 1.95. The second-order valence-electron chi connectivity index (χ2n) is 5.45. The predicted octanol–water partition coefficient (Wildman–Crippen LogP) is 3.66. The average Bonchev–Trinajstić information content (AvgIpc) is 2.65. The summed E-state index contributed by atoms with van der Waals surface area (Å²) in [4.78, 5) is 23.9. The van der Waals surface area contributed by atoms with Gasteiger partial charge in [-0.1, -0.05) is 30.3 Å². The van der Waals surface area contributed by atoms with Crippen LogP contribution in [0.1, 0.15) is 17.5 Å². The molecule has 134 valence electrons. The third-order valence-electron chi connectivity index (χ3n) is 3.60. The number of phenolic OH excluding ortho intramolecular Hbond substituents is 1. The number of ketones is 2. The van der Waals surface area contributed by atoms with E-state index >= 15 is 0 Å². The summed E-state index contributed by atoms with van der Waals surface area (Å²) in [7, 11) is 3.01. The molecule has 0 aliphatic carbocycles. The van der Waals surface area contributed by atoms with E-state index in [9.17, 15) is 14.7 Å². The molecule has 0 unspecified atom stereocenters. The van der Waals surface area contributed by atoms with Crippen LogP contribution in [0.2, 0.25) is 0 Å². The van der Waals surface area contributed by atoms with Crippen LogP contribution in [0.5, 0.6) is 17.2 Å². The maximum atomic E-state index is 11.9. The molecular formula is C21H20O5. The molecule has 5 heteroatoms. The van der Waals surface area contributed by atoms with Gasteiger partial charge in [-0.15, -0.1) is 0 Å². The standard InChI is InChI=1S/C21H20O5/c1-25-20-6-4-3-5-16(20)9-11-18(23)14-17(22)10-7-15-8-12-21(26-2)19(24)13-15/h3-13,24H,14H2,1-2H3. The molecule has 0 fully saturated rings. The van der Waals surface area contributed by atoms with E-state index in [1.54, 1.807) is 37.5 Å². The maximum Gasteiger partial charge on any atom is 0.163 e. The minimum atomic E-state index is -0.324. The molecule has 2 aromatic carbocycles. The highest BCUT2D eigenvalue weighted by Crippen LogP contribution is 2.26. The van der Waals surface area contributed by atoms with E-state index in [-0.39, 0.29) is 23.7 Å². The SMILES string of the molecule is COc1ccc(C=CC(=O)CC(=O)C=Cc2ccccc2OC)cc1O. The Bertz CT molecular complexity index is 849. The quantitative estimate of drug-likeness (QED) is 0.580. The number of aromatic hydroxyl groups is 1. The zero-order valence-electron chi connectivity index (χ0n) is 14.6. The van der Waals surface area contributed by atoms with Gasteiger partial charge in [0.2, 0.25) is 0 Å². The second-order valence-corrected chi connectivity index (χ2v) is 5.45. The first-order valence-electron chi connectivity index (χ1n) is 7.95. The third kappa shape index (κ3) is 5.34. The molecule has 0 heterocycles. The summed E-state index contributed by atoms with van der Waals surface area (Å²) in [5, 5.41) is 9.71. The molecule has 0 saturated heterocycles. The molecule has 0 atom stereocenters. The van der Waals surface area contributed by atoms with Crippen LogP contribution in [-0.4, -0.2) is 30.9 Å². The smallest absolute Gasteiger partial charge is 0.163 e. The van der Waals surface area contributed by atoms with Gasteiger partial charge in [-0.2, -0.15) is 0 Å². The van der Waals surface area contributed by atoms with Gasteiger partial charge in [0.1, 0.15) is 5.75 Å². The highest BCUT2D eigenvalue weighted by atomic mass is 16.5. The predicted molar refractivity (Wildman–Crippen MR) is 100 cm³/mol. The van der Waals surface area contributed by atoms with Crippen LogP contribution in [0, 0.1) is 0 Å². The molecule has 0 aliphatic heterocycles. The van der Waals surface area contributed by atoms with Crippen LogP contribution in [0.3, 0.4) is 0 Å². The lowest BCUT2D eigenvalue weighted by molar-refractivity contribution is -0.121. The van der Waals surface area contributed by atoms with Crippen LogP contribution in [0.15, 0.2) is 54.6 Å². The molecule has 0 spiro atoms. The Labute approximate surface area is 152 Å². The highest BCUT2D eigenvalue weighted by molar-refractivity contribution is 6.10. The fourth-order valence-corrected chi connectivity index (χ4v) is 2.28. The lowest BCUT2D eigenvalue weighted by atomic mass is 10.1. The zero-order chi connectivity index (χ0) is 18.9. The van der Waals surface area contributed by atoms with Crippen molar-refractivity contribution in [3.05, 3.63) is 65.7 Å². The topological polar surface area (TPSA) is 72.8 Å². The Morgan fingerprint density at radius 1 is 0.923 bits per heavy atom. The number of carbonyl (C=O) groups is 2. The molecule has 0 saturated carbocycles. The summed E-state index contributed by atoms with van der Waals surface area (Å²) >= 11 is 0. The van der Waals surface area contributed by atoms with Crippen molar-refractivity contribution >= 4 is 23.7 Å². The largest absolute Gasteiger partial charge is 0.504 e. The number of ether oxygens (including phenoxy) is 2. The van der Waals surface area contributed by atoms with E-state index in [1.807, 2.05) is 18.2 Å². The van der Waals surface area contributed by atoms with Crippen LogP contribution < -0.4 is 9.47 Å². The van der Waals surface area contributed by atoms with Gasteiger partial charge in [0.05, 0.1) is 20.6 Å². The minimum Gasteiger partial charge on any atom is -0.504 e. The van der Waals surface area contributed by atoms with Gasteiger partial charge in [-0.3, -0.25) is 9.59 Å². The number of phenols is 1. The lowest BCUT2D eigenvalue weighted by Crippen LogP contribution is -2.02. The first kappa shape index (κ1) is 19.0.